The summed E-state index contributed by atoms with van der Waals surface area (Å²) in [6.07, 6.45) is 0. The van der Waals surface area contributed by atoms with Crippen molar-refractivity contribution in [2.24, 2.45) is 11.7 Å². The fourth-order valence-corrected chi connectivity index (χ4v) is 0.885. The first-order valence-electron chi connectivity index (χ1n) is 7.83. The molecule has 0 fully saturated rings. The van der Waals surface area contributed by atoms with Gasteiger partial charge in [-0.25, -0.2) is 0 Å². The molecule has 32 heteroatoms. The van der Waals surface area contributed by atoms with Gasteiger partial charge in [0, 0.05) is 0 Å². The summed E-state index contributed by atoms with van der Waals surface area (Å²) in [5, 5.41) is 0. The second kappa shape index (κ2) is 29.7. The topological polar surface area (TPSA) is 413 Å². The molecule has 0 unspecified atom stereocenters. The molecule has 0 rings (SSSR count). The summed E-state index contributed by atoms with van der Waals surface area (Å²) in [5.74, 6) is 9.84. The molecule has 32 heavy (non-hydrogen) atoms. The quantitative estimate of drug-likeness (QED) is 0.0267. The van der Waals surface area contributed by atoms with E-state index in [1.807, 2.05) is 0 Å². The van der Waals surface area contributed by atoms with Crippen LogP contribution in [0.3, 0.4) is 0 Å². The summed E-state index contributed by atoms with van der Waals surface area (Å²) in [6.45, 7) is 0. The summed E-state index contributed by atoms with van der Waals surface area (Å²) >= 11 is 0. The number of hydrazine groups is 31. The van der Waals surface area contributed by atoms with Gasteiger partial charge in [0.25, 0.3) is 0 Å². The molecule has 0 atom stereocenters. The zero-order valence-electron chi connectivity index (χ0n) is 16.2. The lowest BCUT2D eigenvalue weighted by Crippen LogP contribution is -2.70. The molecule has 0 aliphatic heterocycles. The highest BCUT2D eigenvalue weighted by atomic mass is 16.0. The number of hydrogen-bond donors (Lipinski definition) is 32. The van der Waals surface area contributed by atoms with Crippen molar-refractivity contribution < 1.29 is 0 Å². The molecule has 0 aromatic rings. The van der Waals surface area contributed by atoms with Crippen molar-refractivity contribution in [2.75, 3.05) is 0 Å². The van der Waals surface area contributed by atoms with Crippen molar-refractivity contribution in [3.05, 3.63) is 0 Å². The van der Waals surface area contributed by atoms with E-state index in [1.165, 1.54) is 0 Å². The Bertz CT molecular complexity index is 264. The van der Waals surface area contributed by atoms with Crippen molar-refractivity contribution in [2.45, 2.75) is 0 Å². The summed E-state index contributed by atoms with van der Waals surface area (Å²) in [7, 11) is 0. The summed E-state index contributed by atoms with van der Waals surface area (Å²) in [4.78, 5) is 0. The predicted octanol–water partition coefficient (Wildman–Crippen LogP) is -16.0. The van der Waals surface area contributed by atoms with Crippen LogP contribution in [0.25, 0.3) is 0 Å². The van der Waals surface area contributed by atoms with Gasteiger partial charge < -0.3 is 0 Å². The van der Waals surface area contributed by atoms with Crippen LogP contribution in [0, 0.1) is 0 Å². The van der Waals surface area contributed by atoms with E-state index in [9.17, 15) is 0 Å². The van der Waals surface area contributed by atoms with Gasteiger partial charge in [-0.1, -0.05) is 0 Å². The van der Waals surface area contributed by atoms with E-state index in [-0.39, 0.29) is 0 Å². The lowest BCUT2D eigenvalue weighted by atomic mass is 12.0. The molecular weight excluding hydrogens is 448 g/mol. The molecule has 0 saturated carbocycles. The smallest absolute Gasteiger partial charge is 0.164 e. The van der Waals surface area contributed by atoms with E-state index in [0.29, 0.717) is 0 Å². The maximum atomic E-state index is 4.92. The fourth-order valence-electron chi connectivity index (χ4n) is 0.885. The summed E-state index contributed by atoms with van der Waals surface area (Å²) < 4.78 is 0. The molecule has 0 radical (unpaired) electrons. The van der Waals surface area contributed by atoms with Crippen LogP contribution in [0.15, 0.2) is 0 Å². The van der Waals surface area contributed by atoms with Crippen molar-refractivity contribution in [1.29, 1.82) is 0 Å². The van der Waals surface area contributed by atoms with E-state index in [2.05, 4.69) is 166 Å². The SMILES string of the molecule is NNNNNNNNNNNNNNNNNNNNNNNNNNNNNNNN. The van der Waals surface area contributed by atoms with Crippen LogP contribution in [0.2, 0.25) is 0 Å². The lowest BCUT2D eigenvalue weighted by molar-refractivity contribution is 0.183. The minimum Gasteiger partial charge on any atom is -0.257 e. The van der Waals surface area contributed by atoms with Crippen LogP contribution >= 0.6 is 0 Å². The molecule has 0 bridgehead atoms. The molecule has 0 amide bonds. The van der Waals surface area contributed by atoms with Gasteiger partial charge in [-0.3, -0.25) is 11.7 Å². The number of hydrogen-bond acceptors (Lipinski definition) is 32. The Labute approximate surface area is 179 Å². The number of nitrogens with one attached hydrogen (secondary N) is 30. The van der Waals surface area contributed by atoms with Crippen LogP contribution in [0.1, 0.15) is 0 Å². The minimum absolute atomic E-state index is 2.12. The number of rotatable bonds is 29. The zero-order chi connectivity index (χ0) is 23.2. The van der Waals surface area contributed by atoms with Gasteiger partial charge in [-0.05, 0) is 0 Å². The third-order valence-corrected chi connectivity index (χ3v) is 1.83. The van der Waals surface area contributed by atoms with Gasteiger partial charge in [0.2, 0.25) is 0 Å². The molecule has 0 aliphatic rings. The second-order valence-electron chi connectivity index (χ2n) is 3.79. The molecular formula is H34N32. The Balaban J connectivity index is 2.98. The van der Waals surface area contributed by atoms with Crippen molar-refractivity contribution in [1.82, 2.24) is 166 Å². The number of nitrogens with two attached hydrogens (primary N) is 2. The van der Waals surface area contributed by atoms with E-state index in [0.717, 1.165) is 0 Å². The molecule has 0 aromatic carbocycles. The van der Waals surface area contributed by atoms with Gasteiger partial charge in [0.15, 0.2) is 0 Å². The van der Waals surface area contributed by atoms with Crippen LogP contribution in [-0.4, -0.2) is 0 Å². The molecule has 32 nitrogen and oxygen atoms in total. The van der Waals surface area contributed by atoms with Crippen molar-refractivity contribution in [3.63, 3.8) is 0 Å². The zero-order valence-corrected chi connectivity index (χ0v) is 16.2. The third kappa shape index (κ3) is 28.7. The highest BCUT2D eigenvalue weighted by Crippen LogP contribution is 1.31. The van der Waals surface area contributed by atoms with Gasteiger partial charge in [-0.15, -0.1) is 0 Å². The maximum absolute atomic E-state index is 4.92. The van der Waals surface area contributed by atoms with Crippen LogP contribution in [0.5, 0.6) is 0 Å². The molecule has 0 saturated heterocycles. The first-order valence-corrected chi connectivity index (χ1v) is 7.83. The summed E-state index contributed by atoms with van der Waals surface area (Å²) in [5.41, 5.74) is 73.2. The van der Waals surface area contributed by atoms with Crippen LogP contribution < -0.4 is 178 Å². The summed E-state index contributed by atoms with van der Waals surface area (Å²) in [6, 6.07) is 0. The van der Waals surface area contributed by atoms with Gasteiger partial charge in [-0.2, -0.15) is 166 Å². The molecule has 0 spiro atoms. The van der Waals surface area contributed by atoms with E-state index < -0.39 is 0 Å². The highest BCUT2D eigenvalue weighted by Gasteiger charge is 1.85. The Kier molecular flexibility index (Phi) is 28.5. The lowest BCUT2D eigenvalue weighted by Gasteiger charge is -2.15. The van der Waals surface area contributed by atoms with Crippen molar-refractivity contribution >= 4 is 0 Å². The average Bonchev–Trinajstić information content (AvgIpc) is 2.81. The molecule has 34 N–H and O–H groups in total. The standard InChI is InChI=1S/H34N32/c1-3-5-7-9-11-13-15-17-19-21-23-25-27-29-31-32-30-28-26-24-22-20-18-16-14-12-10-8-6-4-2/h3-32H,1-2H2. The highest BCUT2D eigenvalue weighted by molar-refractivity contribution is 4.19. The van der Waals surface area contributed by atoms with Gasteiger partial charge in [0.1, 0.15) is 0 Å². The first kappa shape index (κ1) is 30.7. The molecule has 0 heterocycles. The molecule has 194 valence electrons. The Morgan fingerprint density at radius 2 is 0.250 bits per heavy atom. The van der Waals surface area contributed by atoms with Gasteiger partial charge in [0.05, 0.1) is 0 Å². The van der Waals surface area contributed by atoms with E-state index in [4.69, 9.17) is 11.7 Å². The normalized spacial score (nSPS) is 11.4. The maximum Gasteiger partial charge on any atom is -0.164 e. The van der Waals surface area contributed by atoms with Crippen LogP contribution in [0.4, 0.5) is 0 Å². The Morgan fingerprint density at radius 3 is 0.344 bits per heavy atom. The van der Waals surface area contributed by atoms with Crippen LogP contribution in [-0.2, 0) is 0 Å². The average molecular weight is 482 g/mol. The first-order chi connectivity index (χ1) is 15.9. The molecule has 0 aliphatic carbocycles. The largest absolute Gasteiger partial charge is 0.257 e. The van der Waals surface area contributed by atoms with Crippen molar-refractivity contribution in [3.8, 4) is 0 Å². The Morgan fingerprint density at radius 1 is 0.156 bits per heavy atom. The molecule has 0 aromatic heterocycles. The second-order valence-corrected chi connectivity index (χ2v) is 3.79. The monoisotopic (exact) mass is 482 g/mol. The van der Waals surface area contributed by atoms with Gasteiger partial charge >= 0.3 is 0 Å². The minimum atomic E-state index is 2.12. The Hall–Kier alpha value is -1.28. The predicted molar refractivity (Wildman–Crippen MR) is 102 cm³/mol. The van der Waals surface area contributed by atoms with E-state index in [1.54, 1.807) is 0 Å². The third-order valence-electron chi connectivity index (χ3n) is 1.83. The van der Waals surface area contributed by atoms with E-state index >= 15 is 0 Å². The fraction of sp³-hybridized carbons (Fsp3) is 0.